The van der Waals surface area contributed by atoms with E-state index in [2.05, 4.69) is 40.2 Å². The average molecular weight is 628 g/mol. The predicted molar refractivity (Wildman–Crippen MR) is 171 cm³/mol. The van der Waals surface area contributed by atoms with Crippen molar-refractivity contribution in [1.29, 1.82) is 0 Å². The highest BCUT2D eigenvalue weighted by atomic mass is 16.6. The Labute approximate surface area is 266 Å². The molecule has 0 saturated carbocycles. The molecule has 11 heteroatoms. The molecular weight excluding hydrogens is 578 g/mol. The van der Waals surface area contributed by atoms with E-state index in [9.17, 15) is 14.4 Å². The topological polar surface area (TPSA) is 133 Å². The van der Waals surface area contributed by atoms with E-state index in [-0.39, 0.29) is 18.4 Å². The molecule has 3 N–H and O–H groups in total. The normalized spacial score (nSPS) is 12.6. The summed E-state index contributed by atoms with van der Waals surface area (Å²) in [7, 11) is 0. The molecule has 0 fully saturated rings. The van der Waals surface area contributed by atoms with E-state index >= 15 is 0 Å². The number of rotatable bonds is 18. The van der Waals surface area contributed by atoms with Crippen molar-refractivity contribution >= 4 is 18.1 Å². The predicted octanol–water partition coefficient (Wildman–Crippen LogP) is 4.77. The minimum atomic E-state index is -1.09. The summed E-state index contributed by atoms with van der Waals surface area (Å²) in [6.07, 6.45) is -0.272. The molecule has 1 aliphatic rings. The van der Waals surface area contributed by atoms with E-state index in [1.807, 2.05) is 38.1 Å². The summed E-state index contributed by atoms with van der Waals surface area (Å²) in [6.45, 7) is 12.1. The van der Waals surface area contributed by atoms with Gasteiger partial charge in [0, 0.05) is 19.0 Å². The van der Waals surface area contributed by atoms with Gasteiger partial charge in [-0.15, -0.1) is 0 Å². The van der Waals surface area contributed by atoms with Gasteiger partial charge in [0.1, 0.15) is 17.7 Å². The number of benzene rings is 2. The van der Waals surface area contributed by atoms with E-state index in [4.69, 9.17) is 23.7 Å². The molecule has 0 unspecified atom stereocenters. The van der Waals surface area contributed by atoms with Crippen molar-refractivity contribution in [2.75, 3.05) is 59.3 Å². The van der Waals surface area contributed by atoms with Gasteiger partial charge in [0.25, 0.3) is 0 Å². The molecular formula is C34H49N3O8. The molecule has 0 aliphatic heterocycles. The summed E-state index contributed by atoms with van der Waals surface area (Å²) in [5.74, 6) is -0.337. The van der Waals surface area contributed by atoms with Crippen LogP contribution in [0.4, 0.5) is 9.59 Å². The lowest BCUT2D eigenvalue weighted by Gasteiger charge is -2.31. The minimum Gasteiger partial charge on any atom is -0.449 e. The van der Waals surface area contributed by atoms with Gasteiger partial charge in [-0.3, -0.25) is 4.79 Å². The van der Waals surface area contributed by atoms with Gasteiger partial charge in [0.2, 0.25) is 5.91 Å². The number of hydrogen-bond donors (Lipinski definition) is 3. The Kier molecular flexibility index (Phi) is 14.1. The lowest BCUT2D eigenvalue weighted by atomic mass is 9.92. The van der Waals surface area contributed by atoms with Crippen molar-refractivity contribution in [3.63, 3.8) is 0 Å². The Hall–Kier alpha value is -3.67. The maximum atomic E-state index is 13.1. The number of alkyl carbamates (subject to hydrolysis) is 2. The van der Waals surface area contributed by atoms with Crippen LogP contribution in [0.25, 0.3) is 11.1 Å². The van der Waals surface area contributed by atoms with E-state index in [1.54, 1.807) is 20.8 Å². The molecule has 11 nitrogen and oxygen atoms in total. The Bertz CT molecular complexity index is 1200. The molecule has 0 aromatic heterocycles. The van der Waals surface area contributed by atoms with Crippen LogP contribution in [0, 0.1) is 0 Å². The molecule has 0 saturated heterocycles. The second kappa shape index (κ2) is 17.7. The second-order valence-corrected chi connectivity index (χ2v) is 11.8. The third-order valence-electron chi connectivity index (χ3n) is 7.52. The number of ether oxygens (including phenoxy) is 5. The highest BCUT2D eigenvalue weighted by molar-refractivity contribution is 5.90. The van der Waals surface area contributed by atoms with Gasteiger partial charge in [0.05, 0.1) is 39.6 Å². The van der Waals surface area contributed by atoms with Crippen LogP contribution in [-0.4, -0.2) is 88.6 Å². The van der Waals surface area contributed by atoms with E-state index < -0.39 is 23.3 Å². The fourth-order valence-corrected chi connectivity index (χ4v) is 5.12. The van der Waals surface area contributed by atoms with Crippen molar-refractivity contribution in [2.45, 2.75) is 64.5 Å². The first-order chi connectivity index (χ1) is 21.6. The SMILES string of the molecule is CCC(CC)(NC(=O)OCC1c2ccccc2-c2ccccc21)C(=O)NCCOCCOCCOCCNC(=O)OC(C)(C)C. The molecule has 1 aliphatic carbocycles. The van der Waals surface area contributed by atoms with E-state index in [0.29, 0.717) is 65.6 Å². The number of amides is 3. The zero-order valence-electron chi connectivity index (χ0n) is 27.2. The van der Waals surface area contributed by atoms with Gasteiger partial charge >= 0.3 is 12.2 Å². The first-order valence-corrected chi connectivity index (χ1v) is 15.7. The van der Waals surface area contributed by atoms with Crippen molar-refractivity contribution in [1.82, 2.24) is 16.0 Å². The van der Waals surface area contributed by atoms with Crippen LogP contribution in [-0.2, 0) is 28.5 Å². The third-order valence-corrected chi connectivity index (χ3v) is 7.52. The zero-order chi connectivity index (χ0) is 32.7. The molecule has 0 atom stereocenters. The van der Waals surface area contributed by atoms with Gasteiger partial charge in [-0.05, 0) is 55.9 Å². The Balaban J connectivity index is 1.28. The van der Waals surface area contributed by atoms with Gasteiger partial charge in [-0.25, -0.2) is 9.59 Å². The summed E-state index contributed by atoms with van der Waals surface area (Å²) in [5.41, 5.74) is 2.94. The summed E-state index contributed by atoms with van der Waals surface area (Å²) >= 11 is 0. The Morgan fingerprint density at radius 3 is 1.69 bits per heavy atom. The lowest BCUT2D eigenvalue weighted by molar-refractivity contribution is -0.128. The first-order valence-electron chi connectivity index (χ1n) is 15.7. The van der Waals surface area contributed by atoms with Crippen LogP contribution in [0.3, 0.4) is 0 Å². The Morgan fingerprint density at radius 2 is 1.18 bits per heavy atom. The smallest absolute Gasteiger partial charge is 0.408 e. The quantitative estimate of drug-likeness (QED) is 0.201. The van der Waals surface area contributed by atoms with Crippen molar-refractivity contribution in [3.05, 3.63) is 59.7 Å². The van der Waals surface area contributed by atoms with Gasteiger partial charge in [-0.2, -0.15) is 0 Å². The van der Waals surface area contributed by atoms with Crippen molar-refractivity contribution in [3.8, 4) is 11.1 Å². The van der Waals surface area contributed by atoms with Gasteiger partial charge in [0.15, 0.2) is 0 Å². The Morgan fingerprint density at radius 1 is 0.689 bits per heavy atom. The molecule has 45 heavy (non-hydrogen) atoms. The van der Waals surface area contributed by atoms with Crippen LogP contribution in [0.1, 0.15) is 64.5 Å². The number of nitrogens with one attached hydrogen (secondary N) is 3. The largest absolute Gasteiger partial charge is 0.449 e. The molecule has 0 heterocycles. The highest BCUT2D eigenvalue weighted by Gasteiger charge is 2.37. The molecule has 2 aromatic rings. The molecule has 3 amide bonds. The maximum absolute atomic E-state index is 13.1. The molecule has 2 aromatic carbocycles. The fourth-order valence-electron chi connectivity index (χ4n) is 5.12. The lowest BCUT2D eigenvalue weighted by Crippen LogP contribution is -2.58. The van der Waals surface area contributed by atoms with Crippen molar-refractivity contribution in [2.24, 2.45) is 0 Å². The fraction of sp³-hybridized carbons (Fsp3) is 0.559. The van der Waals surface area contributed by atoms with Crippen LogP contribution in [0.2, 0.25) is 0 Å². The van der Waals surface area contributed by atoms with Crippen LogP contribution >= 0.6 is 0 Å². The number of carbonyl (C=O) groups excluding carboxylic acids is 3. The third kappa shape index (κ3) is 11.0. The standard InChI is InChI=1S/C34H49N3O8/c1-6-34(7-2,37-32(40)44-24-29-27-14-10-8-12-25(27)26-13-9-11-15-28(26)29)30(38)35-16-18-41-20-22-43-23-21-42-19-17-36-31(39)45-33(3,4)5/h8-15,29H,6-7,16-24H2,1-5H3,(H,35,38)(H,36,39)(H,37,40). The second-order valence-electron chi connectivity index (χ2n) is 11.8. The molecule has 248 valence electrons. The first kappa shape index (κ1) is 35.8. The van der Waals surface area contributed by atoms with Crippen molar-refractivity contribution < 1.29 is 38.1 Å². The average Bonchev–Trinajstić information content (AvgIpc) is 3.33. The molecule has 0 radical (unpaired) electrons. The van der Waals surface area contributed by atoms with Crippen LogP contribution in [0.5, 0.6) is 0 Å². The minimum absolute atomic E-state index is 0.0589. The molecule has 0 bridgehead atoms. The summed E-state index contributed by atoms with van der Waals surface area (Å²) in [6, 6.07) is 16.3. The van der Waals surface area contributed by atoms with Crippen LogP contribution in [0.15, 0.2) is 48.5 Å². The number of hydrogen-bond acceptors (Lipinski definition) is 8. The van der Waals surface area contributed by atoms with Crippen LogP contribution < -0.4 is 16.0 Å². The summed E-state index contributed by atoms with van der Waals surface area (Å²) in [4.78, 5) is 37.6. The molecule has 0 spiro atoms. The highest BCUT2D eigenvalue weighted by Crippen LogP contribution is 2.44. The zero-order valence-corrected chi connectivity index (χ0v) is 27.2. The molecule has 3 rings (SSSR count). The van der Waals surface area contributed by atoms with E-state index in [1.165, 1.54) is 0 Å². The maximum Gasteiger partial charge on any atom is 0.408 e. The number of carbonyl (C=O) groups is 3. The monoisotopic (exact) mass is 627 g/mol. The summed E-state index contributed by atoms with van der Waals surface area (Å²) < 4.78 is 27.3. The summed E-state index contributed by atoms with van der Waals surface area (Å²) in [5, 5.41) is 8.33. The van der Waals surface area contributed by atoms with Gasteiger partial charge in [-0.1, -0.05) is 62.4 Å². The number of fused-ring (bicyclic) bond motifs is 3. The van der Waals surface area contributed by atoms with Gasteiger partial charge < -0.3 is 39.6 Å². The van der Waals surface area contributed by atoms with E-state index in [0.717, 1.165) is 22.3 Å².